The van der Waals surface area contributed by atoms with Crippen LogP contribution in [0, 0.1) is 5.82 Å². The van der Waals surface area contributed by atoms with Crippen LogP contribution in [-0.4, -0.2) is 23.6 Å². The number of aromatic amines is 1. The first kappa shape index (κ1) is 14.1. The molecule has 7 heteroatoms. The minimum absolute atomic E-state index is 0.132. The molecule has 0 aliphatic carbocycles. The molecule has 0 unspecified atom stereocenters. The predicted molar refractivity (Wildman–Crippen MR) is 62.2 cm³/mol. The van der Waals surface area contributed by atoms with Crippen molar-refractivity contribution in [1.82, 2.24) is 4.98 Å². The minimum atomic E-state index is -4.54. The first-order valence-electron chi connectivity index (χ1n) is 5.54. The Morgan fingerprint density at radius 1 is 1.25 bits per heavy atom. The molecule has 1 aromatic heterocycles. The van der Waals surface area contributed by atoms with E-state index >= 15 is 0 Å². The molecule has 106 valence electrons. The first-order chi connectivity index (χ1) is 9.37. The highest BCUT2D eigenvalue weighted by molar-refractivity contribution is 6.09. The van der Waals surface area contributed by atoms with Gasteiger partial charge in [0.1, 0.15) is 11.6 Å². The van der Waals surface area contributed by atoms with Crippen molar-refractivity contribution in [3.8, 4) is 5.75 Å². The number of alkyl halides is 3. The van der Waals surface area contributed by atoms with Crippen LogP contribution in [0.5, 0.6) is 5.75 Å². The molecular weight excluding hydrogens is 278 g/mol. The van der Waals surface area contributed by atoms with E-state index in [-0.39, 0.29) is 17.0 Å². The van der Waals surface area contributed by atoms with Crippen molar-refractivity contribution in [2.24, 2.45) is 0 Å². The number of benzene rings is 1. The van der Waals surface area contributed by atoms with Gasteiger partial charge in [0, 0.05) is 6.20 Å². The molecule has 3 nitrogen and oxygen atoms in total. The normalized spacial score (nSPS) is 11.4. The fourth-order valence-electron chi connectivity index (χ4n) is 1.58. The van der Waals surface area contributed by atoms with E-state index in [1.807, 2.05) is 0 Å². The summed E-state index contributed by atoms with van der Waals surface area (Å²) in [5, 5.41) is 0. The van der Waals surface area contributed by atoms with Crippen LogP contribution < -0.4 is 4.74 Å². The summed E-state index contributed by atoms with van der Waals surface area (Å²) in [7, 11) is 0. The number of carbonyl (C=O) groups excluding carboxylic acids is 1. The number of hydrogen-bond donors (Lipinski definition) is 1. The van der Waals surface area contributed by atoms with Gasteiger partial charge in [-0.05, 0) is 30.3 Å². The van der Waals surface area contributed by atoms with Gasteiger partial charge in [-0.25, -0.2) is 4.39 Å². The molecular formula is C13H9F4NO2. The Hall–Kier alpha value is -2.31. The third-order valence-electron chi connectivity index (χ3n) is 2.42. The van der Waals surface area contributed by atoms with Gasteiger partial charge >= 0.3 is 6.18 Å². The lowest BCUT2D eigenvalue weighted by molar-refractivity contribution is -0.153. The van der Waals surface area contributed by atoms with E-state index in [1.54, 1.807) is 6.07 Å². The molecule has 0 aliphatic rings. The van der Waals surface area contributed by atoms with Crippen molar-refractivity contribution in [2.75, 3.05) is 6.61 Å². The Bertz CT molecular complexity index is 605. The zero-order valence-electron chi connectivity index (χ0n) is 10.00. The monoisotopic (exact) mass is 287 g/mol. The zero-order chi connectivity index (χ0) is 14.8. The van der Waals surface area contributed by atoms with Crippen LogP contribution in [0.3, 0.4) is 0 Å². The van der Waals surface area contributed by atoms with Crippen molar-refractivity contribution < 1.29 is 27.1 Å². The number of carbonyl (C=O) groups is 1. The SMILES string of the molecule is O=C(c1ccc[nH]1)c1cc(F)ccc1OCC(F)(F)F. The van der Waals surface area contributed by atoms with Crippen LogP contribution in [0.15, 0.2) is 36.5 Å². The molecule has 0 fully saturated rings. The average Bonchev–Trinajstić information content (AvgIpc) is 2.89. The zero-order valence-corrected chi connectivity index (χ0v) is 10.00. The molecule has 1 heterocycles. The van der Waals surface area contributed by atoms with E-state index in [0.717, 1.165) is 18.2 Å². The third kappa shape index (κ3) is 3.37. The molecule has 2 aromatic rings. The Labute approximate surface area is 111 Å². The van der Waals surface area contributed by atoms with E-state index in [9.17, 15) is 22.4 Å². The van der Waals surface area contributed by atoms with Crippen LogP contribution in [0.4, 0.5) is 17.6 Å². The van der Waals surface area contributed by atoms with E-state index < -0.39 is 24.4 Å². The number of hydrogen-bond acceptors (Lipinski definition) is 2. The molecule has 0 amide bonds. The summed E-state index contributed by atoms with van der Waals surface area (Å²) in [6.45, 7) is -1.55. The highest BCUT2D eigenvalue weighted by Crippen LogP contribution is 2.25. The van der Waals surface area contributed by atoms with Gasteiger partial charge in [-0.2, -0.15) is 13.2 Å². The third-order valence-corrected chi connectivity index (χ3v) is 2.42. The molecule has 0 atom stereocenters. The standard InChI is InChI=1S/C13H9F4NO2/c14-8-3-4-11(20-7-13(15,16)17)9(6-8)12(19)10-2-1-5-18-10/h1-6,18H,7H2. The maximum Gasteiger partial charge on any atom is 0.422 e. The largest absolute Gasteiger partial charge is 0.483 e. The second kappa shape index (κ2) is 5.36. The van der Waals surface area contributed by atoms with Crippen molar-refractivity contribution in [3.63, 3.8) is 0 Å². The maximum absolute atomic E-state index is 13.2. The molecule has 0 spiro atoms. The summed E-state index contributed by atoms with van der Waals surface area (Å²) in [5.41, 5.74) is -0.135. The average molecular weight is 287 g/mol. The van der Waals surface area contributed by atoms with Crippen LogP contribution in [-0.2, 0) is 0 Å². The van der Waals surface area contributed by atoms with Crippen LogP contribution in [0.25, 0.3) is 0 Å². The molecule has 1 aromatic carbocycles. The van der Waals surface area contributed by atoms with Crippen LogP contribution in [0.1, 0.15) is 16.1 Å². The van der Waals surface area contributed by atoms with Crippen molar-refractivity contribution in [2.45, 2.75) is 6.18 Å². The van der Waals surface area contributed by atoms with Gasteiger partial charge in [-0.15, -0.1) is 0 Å². The maximum atomic E-state index is 13.2. The highest BCUT2D eigenvalue weighted by atomic mass is 19.4. The van der Waals surface area contributed by atoms with Crippen molar-refractivity contribution >= 4 is 5.78 Å². The van der Waals surface area contributed by atoms with E-state index in [0.29, 0.717) is 0 Å². The van der Waals surface area contributed by atoms with E-state index in [4.69, 9.17) is 0 Å². The number of ether oxygens (including phenoxy) is 1. The number of aromatic nitrogens is 1. The Morgan fingerprint density at radius 2 is 2.00 bits per heavy atom. The molecule has 1 N–H and O–H groups in total. The van der Waals surface area contributed by atoms with Crippen molar-refractivity contribution in [3.05, 3.63) is 53.6 Å². The van der Waals surface area contributed by atoms with Gasteiger partial charge in [-0.3, -0.25) is 4.79 Å². The number of ketones is 1. The fraction of sp³-hybridized carbons (Fsp3) is 0.154. The second-order valence-electron chi connectivity index (χ2n) is 3.96. The number of halogens is 4. The lowest BCUT2D eigenvalue weighted by Crippen LogP contribution is -2.20. The summed E-state index contributed by atoms with van der Waals surface area (Å²) in [4.78, 5) is 14.7. The highest BCUT2D eigenvalue weighted by Gasteiger charge is 2.29. The predicted octanol–water partition coefficient (Wildman–Crippen LogP) is 3.33. The molecule has 20 heavy (non-hydrogen) atoms. The first-order valence-corrected chi connectivity index (χ1v) is 5.54. The van der Waals surface area contributed by atoms with E-state index in [1.165, 1.54) is 12.3 Å². The number of H-pyrrole nitrogens is 1. The van der Waals surface area contributed by atoms with Crippen LogP contribution >= 0.6 is 0 Å². The van der Waals surface area contributed by atoms with E-state index in [2.05, 4.69) is 9.72 Å². The molecule has 0 saturated heterocycles. The van der Waals surface area contributed by atoms with Gasteiger partial charge < -0.3 is 9.72 Å². The summed E-state index contributed by atoms with van der Waals surface area (Å²) in [6.07, 6.45) is -3.07. The quantitative estimate of drug-likeness (QED) is 0.692. The van der Waals surface area contributed by atoms with Gasteiger partial charge in [0.2, 0.25) is 5.78 Å². The van der Waals surface area contributed by atoms with Gasteiger partial charge in [0.25, 0.3) is 0 Å². The van der Waals surface area contributed by atoms with Crippen LogP contribution in [0.2, 0.25) is 0 Å². The summed E-state index contributed by atoms with van der Waals surface area (Å²) in [5.74, 6) is -1.70. The summed E-state index contributed by atoms with van der Waals surface area (Å²) < 4.78 is 54.1. The van der Waals surface area contributed by atoms with Crippen molar-refractivity contribution in [1.29, 1.82) is 0 Å². The number of rotatable bonds is 4. The lowest BCUT2D eigenvalue weighted by atomic mass is 10.1. The van der Waals surface area contributed by atoms with Gasteiger partial charge in [0.15, 0.2) is 6.61 Å². The second-order valence-corrected chi connectivity index (χ2v) is 3.96. The number of nitrogens with one attached hydrogen (secondary N) is 1. The molecule has 2 rings (SSSR count). The molecule has 0 radical (unpaired) electrons. The summed E-state index contributed by atoms with van der Waals surface area (Å²) in [6, 6.07) is 5.74. The Morgan fingerprint density at radius 3 is 2.60 bits per heavy atom. The minimum Gasteiger partial charge on any atom is -0.483 e. The molecule has 0 saturated carbocycles. The smallest absolute Gasteiger partial charge is 0.422 e. The van der Waals surface area contributed by atoms with Gasteiger partial charge in [0.05, 0.1) is 11.3 Å². The van der Waals surface area contributed by atoms with Gasteiger partial charge in [-0.1, -0.05) is 0 Å². The molecule has 0 aliphatic heterocycles. The topological polar surface area (TPSA) is 42.1 Å². The fourth-order valence-corrected chi connectivity index (χ4v) is 1.58. The molecule has 0 bridgehead atoms. The Balaban J connectivity index is 2.31. The lowest BCUT2D eigenvalue weighted by Gasteiger charge is -2.12. The Kier molecular flexibility index (Phi) is 3.78. The summed E-state index contributed by atoms with van der Waals surface area (Å²) >= 11 is 0.